The Kier molecular flexibility index (Phi) is 8.43. The van der Waals surface area contributed by atoms with Crippen LogP contribution in [-0.2, 0) is 14.3 Å². The monoisotopic (exact) mass is 477 g/mol. The third-order valence-corrected chi connectivity index (χ3v) is 5.57. The van der Waals surface area contributed by atoms with Crippen LogP contribution < -0.4 is 16.0 Å². The van der Waals surface area contributed by atoms with E-state index < -0.39 is 23.9 Å². The number of aryl methyl sites for hydroxylation is 3. The van der Waals surface area contributed by atoms with Gasteiger partial charge in [0, 0.05) is 12.3 Å². The van der Waals surface area contributed by atoms with Gasteiger partial charge in [0.2, 0.25) is 0 Å². The number of hydrogen-bond acceptors (Lipinski definition) is 5. The maximum atomic E-state index is 13.2. The molecular weight excluding hydrogens is 446 g/mol. The molecule has 8 heteroatoms. The van der Waals surface area contributed by atoms with E-state index in [-0.39, 0.29) is 12.2 Å². The zero-order chi connectivity index (χ0) is 25.5. The Balaban J connectivity index is 1.92. The minimum Gasteiger partial charge on any atom is -0.467 e. The highest BCUT2D eigenvalue weighted by Crippen LogP contribution is 2.26. The van der Waals surface area contributed by atoms with Gasteiger partial charge in [-0.1, -0.05) is 42.0 Å². The molecule has 0 heterocycles. The summed E-state index contributed by atoms with van der Waals surface area (Å²) < 4.78 is 10.1. The lowest BCUT2D eigenvalue weighted by Gasteiger charge is -2.19. The molecular formula is C27H31N3O5. The first-order chi connectivity index (χ1) is 16.7. The molecule has 0 bridgehead atoms. The quantitative estimate of drug-likeness (QED) is 0.407. The van der Waals surface area contributed by atoms with E-state index in [1.165, 1.54) is 7.11 Å². The second-order valence-corrected chi connectivity index (χ2v) is 8.31. The molecule has 0 radical (unpaired) electrons. The molecule has 3 aromatic rings. The number of hydrogen-bond donors (Lipinski definition) is 3. The molecule has 0 aliphatic carbocycles. The smallest absolute Gasteiger partial charge is 0.330 e. The van der Waals surface area contributed by atoms with Gasteiger partial charge in [-0.2, -0.15) is 0 Å². The topological polar surface area (TPSA) is 106 Å². The van der Waals surface area contributed by atoms with E-state index in [0.29, 0.717) is 18.0 Å². The first kappa shape index (κ1) is 25.7. The van der Waals surface area contributed by atoms with Gasteiger partial charge in [0.1, 0.15) is 0 Å². The van der Waals surface area contributed by atoms with Crippen molar-refractivity contribution in [3.8, 4) is 0 Å². The van der Waals surface area contributed by atoms with Gasteiger partial charge in [-0.25, -0.2) is 9.59 Å². The van der Waals surface area contributed by atoms with E-state index >= 15 is 0 Å². The summed E-state index contributed by atoms with van der Waals surface area (Å²) in [7, 11) is 1.25. The molecule has 35 heavy (non-hydrogen) atoms. The van der Waals surface area contributed by atoms with E-state index in [1.54, 1.807) is 19.1 Å². The number of esters is 1. The van der Waals surface area contributed by atoms with Crippen molar-refractivity contribution < 1.29 is 23.9 Å². The van der Waals surface area contributed by atoms with E-state index in [2.05, 4.69) is 16.0 Å². The second-order valence-electron chi connectivity index (χ2n) is 8.31. The summed E-state index contributed by atoms with van der Waals surface area (Å²) in [5, 5.41) is 10.0. The van der Waals surface area contributed by atoms with E-state index in [9.17, 15) is 14.4 Å². The third-order valence-electron chi connectivity index (χ3n) is 5.57. The number of rotatable bonds is 8. The lowest BCUT2D eigenvalue weighted by Crippen LogP contribution is -2.45. The van der Waals surface area contributed by atoms with Gasteiger partial charge < -0.3 is 25.4 Å². The van der Waals surface area contributed by atoms with Crippen molar-refractivity contribution in [2.75, 3.05) is 31.0 Å². The average molecular weight is 478 g/mol. The Hall–Kier alpha value is -3.91. The van der Waals surface area contributed by atoms with Gasteiger partial charge in [0.15, 0.2) is 6.04 Å². The largest absolute Gasteiger partial charge is 0.467 e. The van der Waals surface area contributed by atoms with E-state index in [0.717, 1.165) is 27.5 Å². The molecule has 0 saturated heterocycles. The highest BCUT2D eigenvalue weighted by atomic mass is 16.5. The molecule has 1 atom stereocenters. The van der Waals surface area contributed by atoms with Crippen LogP contribution >= 0.6 is 0 Å². The van der Waals surface area contributed by atoms with Crippen LogP contribution in [0.4, 0.5) is 16.2 Å². The van der Waals surface area contributed by atoms with Crippen molar-refractivity contribution in [2.45, 2.75) is 33.7 Å². The number of anilines is 2. The molecule has 8 nitrogen and oxygen atoms in total. The van der Waals surface area contributed by atoms with Crippen molar-refractivity contribution in [2.24, 2.45) is 0 Å². The second kappa shape index (κ2) is 11.5. The van der Waals surface area contributed by atoms with Crippen LogP contribution in [0.25, 0.3) is 10.8 Å². The summed E-state index contributed by atoms with van der Waals surface area (Å²) in [6.45, 7) is 7.99. The van der Waals surface area contributed by atoms with Crippen molar-refractivity contribution in [3.63, 3.8) is 0 Å². The van der Waals surface area contributed by atoms with Gasteiger partial charge in [-0.15, -0.1) is 0 Å². The average Bonchev–Trinajstić information content (AvgIpc) is 2.82. The fraction of sp³-hybridized carbons (Fsp3) is 0.296. The number of carbonyl (C=O) groups is 3. The van der Waals surface area contributed by atoms with Crippen LogP contribution in [0.15, 0.2) is 48.5 Å². The molecule has 3 N–H and O–H groups in total. The van der Waals surface area contributed by atoms with Crippen LogP contribution in [0.3, 0.4) is 0 Å². The van der Waals surface area contributed by atoms with Gasteiger partial charge in [-0.3, -0.25) is 4.79 Å². The van der Waals surface area contributed by atoms with Crippen LogP contribution in [0.2, 0.25) is 0 Å². The SMILES string of the molecule is CCOC[C@H](NC(=O)c1cc2ccccc2cc1NC(=O)Nc1c(C)cc(C)cc1C)C(=O)OC. The number of ether oxygens (including phenoxy) is 2. The Morgan fingerprint density at radius 3 is 2.14 bits per heavy atom. The molecule has 0 aliphatic heterocycles. The lowest BCUT2D eigenvalue weighted by molar-refractivity contribution is -0.144. The van der Waals surface area contributed by atoms with Crippen LogP contribution in [0, 0.1) is 20.8 Å². The fourth-order valence-electron chi connectivity index (χ4n) is 3.96. The van der Waals surface area contributed by atoms with Gasteiger partial charge in [-0.05, 0) is 61.7 Å². The zero-order valence-electron chi connectivity index (χ0n) is 20.7. The molecule has 3 amide bonds. The number of amides is 3. The van der Waals surface area contributed by atoms with Crippen LogP contribution in [0.5, 0.6) is 0 Å². The van der Waals surface area contributed by atoms with Crippen LogP contribution in [-0.4, -0.2) is 44.3 Å². The molecule has 0 unspecified atom stereocenters. The Morgan fingerprint density at radius 2 is 1.54 bits per heavy atom. The summed E-state index contributed by atoms with van der Waals surface area (Å²) in [6, 6.07) is 13.4. The number of fused-ring (bicyclic) bond motifs is 1. The Labute approximate surface area is 205 Å². The van der Waals surface area contributed by atoms with Crippen molar-refractivity contribution in [3.05, 3.63) is 70.8 Å². The normalized spacial score (nSPS) is 11.6. The third kappa shape index (κ3) is 6.36. The minimum atomic E-state index is -0.988. The summed E-state index contributed by atoms with van der Waals surface area (Å²) in [4.78, 5) is 38.3. The summed E-state index contributed by atoms with van der Waals surface area (Å²) >= 11 is 0. The first-order valence-corrected chi connectivity index (χ1v) is 11.4. The summed E-state index contributed by atoms with van der Waals surface area (Å²) in [5.74, 6) is -1.16. The summed E-state index contributed by atoms with van der Waals surface area (Å²) in [5.41, 5.74) is 4.20. The minimum absolute atomic E-state index is 0.0300. The number of benzene rings is 3. The molecule has 3 rings (SSSR count). The highest BCUT2D eigenvalue weighted by Gasteiger charge is 2.24. The van der Waals surface area contributed by atoms with Crippen molar-refractivity contribution in [1.29, 1.82) is 0 Å². The van der Waals surface area contributed by atoms with Crippen molar-refractivity contribution in [1.82, 2.24) is 5.32 Å². The lowest BCUT2D eigenvalue weighted by atomic mass is 10.0. The zero-order valence-corrected chi connectivity index (χ0v) is 20.7. The van der Waals surface area contributed by atoms with Crippen LogP contribution in [0.1, 0.15) is 34.0 Å². The van der Waals surface area contributed by atoms with Gasteiger partial charge in [0.25, 0.3) is 5.91 Å². The fourth-order valence-corrected chi connectivity index (χ4v) is 3.96. The number of urea groups is 1. The molecule has 3 aromatic carbocycles. The van der Waals surface area contributed by atoms with E-state index in [1.807, 2.05) is 57.2 Å². The molecule has 0 spiro atoms. The number of carbonyl (C=O) groups excluding carboxylic acids is 3. The molecule has 0 aromatic heterocycles. The molecule has 0 saturated carbocycles. The Bertz CT molecular complexity index is 1230. The van der Waals surface area contributed by atoms with Gasteiger partial charge in [0.05, 0.1) is 25.0 Å². The maximum absolute atomic E-state index is 13.2. The van der Waals surface area contributed by atoms with E-state index in [4.69, 9.17) is 9.47 Å². The first-order valence-electron chi connectivity index (χ1n) is 11.4. The predicted octanol–water partition coefficient (Wildman–Crippen LogP) is 4.72. The van der Waals surface area contributed by atoms with Gasteiger partial charge >= 0.3 is 12.0 Å². The molecule has 0 fully saturated rings. The Morgan fingerprint density at radius 1 is 0.914 bits per heavy atom. The number of nitrogens with one attached hydrogen (secondary N) is 3. The highest BCUT2D eigenvalue weighted by molar-refractivity contribution is 6.10. The number of methoxy groups -OCH3 is 1. The van der Waals surface area contributed by atoms with Crippen molar-refractivity contribution >= 4 is 40.1 Å². The predicted molar refractivity (Wildman–Crippen MR) is 137 cm³/mol. The summed E-state index contributed by atoms with van der Waals surface area (Å²) in [6.07, 6.45) is 0. The molecule has 0 aliphatic rings. The molecule has 184 valence electrons. The standard InChI is InChI=1S/C27H31N3O5/c1-6-35-15-23(26(32)34-5)28-25(31)21-13-19-9-7-8-10-20(19)14-22(21)29-27(33)30-24-17(3)11-16(2)12-18(24)4/h7-14,23H,6,15H2,1-5H3,(H,28,31)(H2,29,30,33)/t23-/m0/s1. The maximum Gasteiger partial charge on any atom is 0.330 e.